The van der Waals surface area contributed by atoms with E-state index >= 15 is 0 Å². The lowest BCUT2D eigenvalue weighted by Gasteiger charge is -2.25. The van der Waals surface area contributed by atoms with Gasteiger partial charge in [0.05, 0.1) is 0 Å². The van der Waals surface area contributed by atoms with Crippen molar-refractivity contribution in [1.29, 1.82) is 0 Å². The Morgan fingerprint density at radius 2 is 0.634 bits per heavy atom. The van der Waals surface area contributed by atoms with Crippen LogP contribution in [0.15, 0.2) is 0 Å². The third-order valence-electron chi connectivity index (χ3n) is 7.93. The number of nitrogens with one attached hydrogen (secondary N) is 1. The summed E-state index contributed by atoms with van der Waals surface area (Å²) in [6.07, 6.45) is 0. The Bertz CT molecular complexity index is 2180. The van der Waals surface area contributed by atoms with Crippen LogP contribution in [0.1, 0.15) is 0 Å². The van der Waals surface area contributed by atoms with Crippen LogP contribution in [0.3, 0.4) is 0 Å². The molecule has 2 heterocycles. The molecule has 0 spiro atoms. The summed E-state index contributed by atoms with van der Waals surface area (Å²) in [6, 6.07) is 0. The molecule has 2 nitrogen and oxygen atoms in total. The van der Waals surface area contributed by atoms with Crippen LogP contribution in [-0.2, 0) is 0 Å². The largest absolute Gasteiger partial charge is 0.356 e. The maximum absolute atomic E-state index is 6.74. The molecule has 0 fully saturated rings. The minimum Gasteiger partial charge on any atom is -0.356 e. The van der Waals surface area contributed by atoms with Gasteiger partial charge in [-0.1, -0.05) is 43.7 Å². The molecule has 17 heteroatoms. The standard InChI is InChI=1S/C24HB15N2/c25-5-3-1-2-4-6(26)8(28)11(31)16(36)23(4)41(24-17(37)12(32)9(29)13(33)18(24)38)22(2)19(39)15(35)20(1)40-21(3)14(34)10(30)7(5)27/h40H. The van der Waals surface area contributed by atoms with Gasteiger partial charge in [0.25, 0.3) is 0 Å². The topological polar surface area (TPSA) is 20.7 Å². The van der Waals surface area contributed by atoms with E-state index in [1.54, 1.807) is 0 Å². The Morgan fingerprint density at radius 1 is 0.293 bits per heavy atom. The number of nitrogens with zero attached hydrogens (tertiary/aromatic N) is 1. The zero-order chi connectivity index (χ0) is 30.1. The molecule has 0 amide bonds. The quantitative estimate of drug-likeness (QED) is 0.226. The molecule has 1 N–H and O–H groups in total. The highest BCUT2D eigenvalue weighted by Gasteiger charge is 2.27. The van der Waals surface area contributed by atoms with Crippen LogP contribution in [0.25, 0.3) is 49.3 Å². The van der Waals surface area contributed by atoms with Crippen molar-refractivity contribution in [3.63, 3.8) is 0 Å². The van der Waals surface area contributed by atoms with E-state index in [4.69, 9.17) is 118 Å². The number of fused-ring (bicyclic) bond motifs is 7. The summed E-state index contributed by atoms with van der Waals surface area (Å²) in [5.41, 5.74) is 2.15. The second kappa shape index (κ2) is 9.22. The molecule has 6 aromatic rings. The smallest absolute Gasteiger partial charge is 0.116 e. The minimum absolute atomic E-state index is 0.00331. The summed E-state index contributed by atoms with van der Waals surface area (Å²) in [6.45, 7) is 0. The number of benzene rings is 4. The van der Waals surface area contributed by atoms with E-state index in [1.165, 1.54) is 4.57 Å². The highest BCUT2D eigenvalue weighted by Crippen LogP contribution is 2.35. The summed E-state index contributed by atoms with van der Waals surface area (Å²) in [5.74, 6) is 0. The van der Waals surface area contributed by atoms with Crippen LogP contribution in [0, 0.1) is 0 Å². The van der Waals surface area contributed by atoms with E-state index in [1.807, 2.05) is 0 Å². The average Bonchev–Trinajstić information content (AvgIpc) is 3.51. The van der Waals surface area contributed by atoms with Crippen LogP contribution in [0.2, 0.25) is 0 Å². The summed E-state index contributed by atoms with van der Waals surface area (Å²) < 4.78 is 1.53. The van der Waals surface area contributed by atoms with Gasteiger partial charge in [-0.2, -0.15) is 0 Å². The number of hydrogen-bond acceptors (Lipinski definition) is 0. The van der Waals surface area contributed by atoms with Gasteiger partial charge < -0.3 is 9.55 Å². The number of hydrogen-bond donors (Lipinski definition) is 1. The van der Waals surface area contributed by atoms with Gasteiger partial charge in [0.15, 0.2) is 0 Å². The molecule has 0 bridgehead atoms. The maximum Gasteiger partial charge on any atom is 0.116 e. The molecule has 0 atom stereocenters. The molecule has 0 unspecified atom stereocenters. The van der Waals surface area contributed by atoms with Gasteiger partial charge in [-0.15, -0.1) is 38.2 Å². The van der Waals surface area contributed by atoms with E-state index in [-0.39, 0.29) is 98.7 Å². The molecule has 0 aliphatic heterocycles. The second-order valence-corrected chi connectivity index (χ2v) is 9.96. The van der Waals surface area contributed by atoms with Crippen molar-refractivity contribution >= 4 is 243 Å². The molecule has 30 radical (unpaired) electrons. The Hall–Kier alpha value is -2.55. The molecular weight excluding hydrogens is 478 g/mol. The lowest BCUT2D eigenvalue weighted by Crippen LogP contribution is -2.56. The lowest BCUT2D eigenvalue weighted by atomic mass is 9.61. The third-order valence-corrected chi connectivity index (χ3v) is 7.93. The Morgan fingerprint density at radius 3 is 1.20 bits per heavy atom. The van der Waals surface area contributed by atoms with Gasteiger partial charge in [-0.3, -0.25) is 0 Å². The third kappa shape index (κ3) is 3.41. The van der Waals surface area contributed by atoms with Crippen LogP contribution in [0.4, 0.5) is 0 Å². The van der Waals surface area contributed by atoms with Crippen molar-refractivity contribution in [2.45, 2.75) is 0 Å². The number of rotatable bonds is 1. The summed E-state index contributed by atoms with van der Waals surface area (Å²) >= 11 is 0. The Labute approximate surface area is 257 Å². The molecule has 0 saturated carbocycles. The molecule has 0 saturated heterocycles. The molecule has 0 aliphatic rings. The predicted octanol–water partition coefficient (Wildman–Crippen LogP) is -11.7. The first-order valence-corrected chi connectivity index (χ1v) is 12.0. The second-order valence-electron chi connectivity index (χ2n) is 9.96. The Balaban J connectivity index is 2.09. The van der Waals surface area contributed by atoms with E-state index < -0.39 is 0 Å². The normalized spacial score (nSPS) is 11.9. The molecule has 41 heavy (non-hydrogen) atoms. The summed E-state index contributed by atoms with van der Waals surface area (Å²) in [7, 11) is 96.0. The molecule has 6 rings (SSSR count). The SMILES string of the molecule is [B]c1c([B])c([B])c(-n2c3c([B])c([B])c([B])c([B])c3c3c4c([nH]c5c([B])c([B])c([B])c([B])c54)c([B])c([B])c32)c([B])c1[B]. The van der Waals surface area contributed by atoms with Crippen molar-refractivity contribution in [3.8, 4) is 5.69 Å². The van der Waals surface area contributed by atoms with Crippen molar-refractivity contribution in [3.05, 3.63) is 0 Å². The van der Waals surface area contributed by atoms with Crippen molar-refractivity contribution < 1.29 is 0 Å². The number of aromatic nitrogens is 2. The first-order valence-electron chi connectivity index (χ1n) is 12.0. The van der Waals surface area contributed by atoms with Gasteiger partial charge in [0.1, 0.15) is 118 Å². The highest BCUT2D eigenvalue weighted by molar-refractivity contribution is 6.72. The van der Waals surface area contributed by atoms with Crippen LogP contribution in [-0.4, -0.2) is 127 Å². The zero-order valence-electron chi connectivity index (χ0n) is 21.6. The van der Waals surface area contributed by atoms with E-state index in [9.17, 15) is 0 Å². The molecule has 152 valence electrons. The lowest BCUT2D eigenvalue weighted by molar-refractivity contribution is 1.22. The fourth-order valence-electron chi connectivity index (χ4n) is 5.69. The predicted molar refractivity (Wildman–Crippen MR) is 191 cm³/mol. The van der Waals surface area contributed by atoms with Crippen molar-refractivity contribution in [1.82, 2.24) is 9.55 Å². The fourth-order valence-corrected chi connectivity index (χ4v) is 5.69. The van der Waals surface area contributed by atoms with Crippen molar-refractivity contribution in [2.75, 3.05) is 0 Å². The molecule has 4 aromatic carbocycles. The van der Waals surface area contributed by atoms with Gasteiger partial charge in [0, 0.05) is 43.9 Å². The molecule has 0 aliphatic carbocycles. The van der Waals surface area contributed by atoms with E-state index in [0.29, 0.717) is 32.6 Å². The van der Waals surface area contributed by atoms with E-state index in [2.05, 4.69) is 4.98 Å². The van der Waals surface area contributed by atoms with Crippen LogP contribution >= 0.6 is 0 Å². The van der Waals surface area contributed by atoms with Gasteiger partial charge in [0.2, 0.25) is 0 Å². The fraction of sp³-hybridized carbons (Fsp3) is 0. The van der Waals surface area contributed by atoms with Crippen LogP contribution < -0.4 is 81.9 Å². The molecular formula is C24HB15N2. The number of aromatic amines is 1. The number of H-pyrrole nitrogens is 1. The maximum atomic E-state index is 6.74. The van der Waals surface area contributed by atoms with E-state index in [0.717, 1.165) is 0 Å². The first kappa shape index (κ1) is 28.6. The average molecular weight is 479 g/mol. The summed E-state index contributed by atoms with van der Waals surface area (Å²) in [5, 5.41) is 1.60. The van der Waals surface area contributed by atoms with Gasteiger partial charge in [-0.25, -0.2) is 0 Å². The van der Waals surface area contributed by atoms with Crippen molar-refractivity contribution in [2.24, 2.45) is 0 Å². The molecule has 2 aromatic heterocycles. The highest BCUT2D eigenvalue weighted by atomic mass is 15.0. The van der Waals surface area contributed by atoms with Gasteiger partial charge >= 0.3 is 0 Å². The Kier molecular flexibility index (Phi) is 6.43. The minimum atomic E-state index is -0.0170. The summed E-state index contributed by atoms with van der Waals surface area (Å²) in [4.78, 5) is 3.19. The van der Waals surface area contributed by atoms with Crippen LogP contribution in [0.5, 0.6) is 0 Å². The zero-order valence-corrected chi connectivity index (χ0v) is 21.6. The van der Waals surface area contributed by atoms with Gasteiger partial charge in [-0.05, 0) is 5.39 Å². The first-order chi connectivity index (χ1) is 19.1. The monoisotopic (exact) mass is 482 g/mol.